The van der Waals surface area contributed by atoms with Crippen molar-refractivity contribution in [3.8, 4) is 0 Å². The minimum absolute atomic E-state index is 0.181. The van der Waals surface area contributed by atoms with Crippen LogP contribution in [-0.4, -0.2) is 81.6 Å². The molecule has 0 spiro atoms. The maximum atomic E-state index is 10.1. The van der Waals surface area contributed by atoms with E-state index in [1.165, 1.54) is 6.34 Å². The molecule has 5 N–H and O–H groups in total. The summed E-state index contributed by atoms with van der Waals surface area (Å²) in [5, 5.41) is 29.2. The van der Waals surface area contributed by atoms with Crippen LogP contribution in [0.1, 0.15) is 6.42 Å². The van der Waals surface area contributed by atoms with Gasteiger partial charge in [0.05, 0.1) is 6.61 Å². The SMILES string of the molecule is C=CCC1(N)N=CN=C2C1=NCN2[C@@H]1O[C@H](CO)[C@@H](O)[C@H]1O. The van der Waals surface area contributed by atoms with Gasteiger partial charge in [-0.3, -0.25) is 4.99 Å². The number of aliphatic hydroxyl groups is 3. The highest BCUT2D eigenvalue weighted by Crippen LogP contribution is 2.29. The second-order valence-electron chi connectivity index (χ2n) is 5.46. The standard InChI is InChI=1S/C13H19N5O4/c1-2-3-13(14)10-11(15-5-17-13)18(6-16-10)12-9(21)8(20)7(4-19)22-12/h2,5,7-9,12,19-21H,1,3-4,6,14H2/t7-,8-,9-,12-,13?/m1/s1. The van der Waals surface area contributed by atoms with Crippen molar-refractivity contribution in [2.45, 2.75) is 36.6 Å². The van der Waals surface area contributed by atoms with Crippen molar-refractivity contribution in [2.24, 2.45) is 20.7 Å². The lowest BCUT2D eigenvalue weighted by Gasteiger charge is -2.31. The Morgan fingerprint density at radius 3 is 2.91 bits per heavy atom. The third kappa shape index (κ3) is 2.18. The van der Waals surface area contributed by atoms with Crippen LogP contribution < -0.4 is 5.73 Å². The molecule has 22 heavy (non-hydrogen) atoms. The van der Waals surface area contributed by atoms with E-state index in [-0.39, 0.29) is 13.3 Å². The zero-order valence-electron chi connectivity index (χ0n) is 11.9. The Morgan fingerprint density at radius 2 is 2.27 bits per heavy atom. The summed E-state index contributed by atoms with van der Waals surface area (Å²) in [6.07, 6.45) is -0.669. The highest BCUT2D eigenvalue weighted by Gasteiger charge is 2.50. The molecule has 1 saturated heterocycles. The predicted octanol–water partition coefficient (Wildman–Crippen LogP) is -2.19. The summed E-state index contributed by atoms with van der Waals surface area (Å²) >= 11 is 0. The van der Waals surface area contributed by atoms with Crippen LogP contribution in [0.15, 0.2) is 27.6 Å². The predicted molar refractivity (Wildman–Crippen MR) is 79.6 cm³/mol. The molecule has 0 amide bonds. The average molecular weight is 309 g/mol. The first kappa shape index (κ1) is 15.3. The largest absolute Gasteiger partial charge is 0.394 e. The maximum absolute atomic E-state index is 10.1. The molecule has 0 aromatic rings. The molecule has 0 radical (unpaired) electrons. The molecule has 3 rings (SSSR count). The highest BCUT2D eigenvalue weighted by atomic mass is 16.6. The normalized spacial score (nSPS) is 40.5. The van der Waals surface area contributed by atoms with E-state index in [9.17, 15) is 15.3 Å². The first-order chi connectivity index (χ1) is 10.5. The van der Waals surface area contributed by atoms with Gasteiger partial charge in [0.25, 0.3) is 0 Å². The van der Waals surface area contributed by atoms with E-state index in [2.05, 4.69) is 21.6 Å². The number of fused-ring (bicyclic) bond motifs is 1. The molecule has 1 fully saturated rings. The quantitative estimate of drug-likeness (QED) is 0.436. The number of hydrogen-bond acceptors (Lipinski definition) is 9. The monoisotopic (exact) mass is 309 g/mol. The average Bonchev–Trinajstić information content (AvgIpc) is 3.03. The van der Waals surface area contributed by atoms with Crippen molar-refractivity contribution in [3.05, 3.63) is 12.7 Å². The summed E-state index contributed by atoms with van der Waals surface area (Å²) in [6, 6.07) is 0. The van der Waals surface area contributed by atoms with Crippen LogP contribution in [0.3, 0.4) is 0 Å². The van der Waals surface area contributed by atoms with E-state index in [0.717, 1.165) is 0 Å². The molecule has 120 valence electrons. The van der Waals surface area contributed by atoms with Crippen molar-refractivity contribution in [1.82, 2.24) is 4.90 Å². The Labute approximate surface area is 127 Å². The van der Waals surface area contributed by atoms with Crippen LogP contribution in [0.5, 0.6) is 0 Å². The zero-order valence-corrected chi connectivity index (χ0v) is 11.9. The second-order valence-corrected chi connectivity index (χ2v) is 5.46. The summed E-state index contributed by atoms with van der Waals surface area (Å²) in [6.45, 7) is 3.46. The molecule has 0 saturated carbocycles. The van der Waals surface area contributed by atoms with E-state index >= 15 is 0 Å². The molecular formula is C13H19N5O4. The van der Waals surface area contributed by atoms with E-state index in [1.54, 1.807) is 11.0 Å². The molecule has 3 aliphatic heterocycles. The van der Waals surface area contributed by atoms with Gasteiger partial charge in [-0.05, 0) is 0 Å². The summed E-state index contributed by atoms with van der Waals surface area (Å²) < 4.78 is 5.51. The molecule has 3 heterocycles. The van der Waals surface area contributed by atoms with E-state index in [1.807, 2.05) is 0 Å². The number of aliphatic imine (C=N–C) groups is 3. The van der Waals surface area contributed by atoms with E-state index in [0.29, 0.717) is 18.0 Å². The van der Waals surface area contributed by atoms with Crippen molar-refractivity contribution < 1.29 is 20.1 Å². The van der Waals surface area contributed by atoms with Crippen LogP contribution in [0.25, 0.3) is 0 Å². The smallest absolute Gasteiger partial charge is 0.162 e. The van der Waals surface area contributed by atoms with Crippen LogP contribution in [0.2, 0.25) is 0 Å². The number of hydrogen-bond donors (Lipinski definition) is 4. The highest BCUT2D eigenvalue weighted by molar-refractivity contribution is 6.47. The van der Waals surface area contributed by atoms with Crippen molar-refractivity contribution >= 4 is 17.9 Å². The molecule has 0 aromatic heterocycles. The Hall–Kier alpha value is -1.65. The first-order valence-corrected chi connectivity index (χ1v) is 6.97. The molecule has 3 aliphatic rings. The third-order valence-electron chi connectivity index (χ3n) is 4.02. The number of aliphatic hydroxyl groups excluding tert-OH is 3. The van der Waals surface area contributed by atoms with Gasteiger partial charge < -0.3 is 30.7 Å². The Balaban J connectivity index is 1.84. The van der Waals surface area contributed by atoms with Gasteiger partial charge in [0.2, 0.25) is 0 Å². The number of amidine groups is 1. The Bertz CT molecular complexity index is 563. The minimum Gasteiger partial charge on any atom is -0.394 e. The molecule has 0 aromatic carbocycles. The van der Waals surface area contributed by atoms with Gasteiger partial charge in [0.1, 0.15) is 37.0 Å². The molecule has 9 heteroatoms. The van der Waals surface area contributed by atoms with Gasteiger partial charge in [0, 0.05) is 6.42 Å². The number of nitrogens with zero attached hydrogens (tertiary/aromatic N) is 4. The van der Waals surface area contributed by atoms with Crippen LogP contribution in [0.4, 0.5) is 0 Å². The third-order valence-corrected chi connectivity index (χ3v) is 4.02. The lowest BCUT2D eigenvalue weighted by Crippen LogP contribution is -2.55. The van der Waals surface area contributed by atoms with Gasteiger partial charge in [-0.1, -0.05) is 6.08 Å². The molecular weight excluding hydrogens is 290 g/mol. The topological polar surface area (TPSA) is 136 Å². The van der Waals surface area contributed by atoms with Crippen molar-refractivity contribution in [3.63, 3.8) is 0 Å². The molecule has 5 atom stereocenters. The van der Waals surface area contributed by atoms with Gasteiger partial charge in [-0.25, -0.2) is 9.98 Å². The number of ether oxygens (including phenoxy) is 1. The summed E-state index contributed by atoms with van der Waals surface area (Å²) in [5.74, 6) is 0.453. The molecule has 1 unspecified atom stereocenters. The summed E-state index contributed by atoms with van der Waals surface area (Å²) in [4.78, 5) is 14.3. The van der Waals surface area contributed by atoms with Gasteiger partial charge in [-0.2, -0.15) is 0 Å². The second kappa shape index (κ2) is 5.52. The number of rotatable bonds is 4. The first-order valence-electron chi connectivity index (χ1n) is 6.97. The summed E-state index contributed by atoms with van der Waals surface area (Å²) in [7, 11) is 0. The van der Waals surface area contributed by atoms with E-state index < -0.39 is 30.2 Å². The van der Waals surface area contributed by atoms with Gasteiger partial charge >= 0.3 is 0 Å². The molecule has 0 bridgehead atoms. The Kier molecular flexibility index (Phi) is 3.83. The lowest BCUT2D eigenvalue weighted by atomic mass is 9.99. The van der Waals surface area contributed by atoms with Crippen LogP contribution >= 0.6 is 0 Å². The fourth-order valence-electron chi connectivity index (χ4n) is 2.84. The lowest BCUT2D eigenvalue weighted by molar-refractivity contribution is -0.0688. The molecule has 9 nitrogen and oxygen atoms in total. The fraction of sp³-hybridized carbons (Fsp3) is 0.615. The molecule has 0 aliphatic carbocycles. The van der Waals surface area contributed by atoms with Crippen LogP contribution in [0, 0.1) is 0 Å². The minimum atomic E-state index is -1.18. The fourth-order valence-corrected chi connectivity index (χ4v) is 2.84. The summed E-state index contributed by atoms with van der Waals surface area (Å²) in [5.41, 5.74) is 5.69. The van der Waals surface area contributed by atoms with Crippen molar-refractivity contribution in [1.29, 1.82) is 0 Å². The van der Waals surface area contributed by atoms with Crippen LogP contribution in [-0.2, 0) is 4.74 Å². The zero-order chi connectivity index (χ0) is 15.9. The van der Waals surface area contributed by atoms with Gasteiger partial charge in [-0.15, -0.1) is 6.58 Å². The van der Waals surface area contributed by atoms with E-state index in [4.69, 9.17) is 10.5 Å². The van der Waals surface area contributed by atoms with Gasteiger partial charge in [0.15, 0.2) is 17.7 Å². The number of nitrogens with two attached hydrogens (primary N) is 1. The Morgan fingerprint density at radius 1 is 1.50 bits per heavy atom. The maximum Gasteiger partial charge on any atom is 0.162 e. The van der Waals surface area contributed by atoms with Crippen molar-refractivity contribution in [2.75, 3.05) is 13.3 Å².